The molecule has 0 radical (unpaired) electrons. The van der Waals surface area contributed by atoms with Gasteiger partial charge in [-0.3, -0.25) is 4.79 Å². The van der Waals surface area contributed by atoms with Crippen molar-refractivity contribution in [3.63, 3.8) is 0 Å². The van der Waals surface area contributed by atoms with Crippen LogP contribution in [0.2, 0.25) is 0 Å². The van der Waals surface area contributed by atoms with Crippen LogP contribution in [0.4, 0.5) is 0 Å². The summed E-state index contributed by atoms with van der Waals surface area (Å²) in [7, 11) is -0.453. The van der Waals surface area contributed by atoms with E-state index in [1.165, 1.54) is 18.5 Å². The zero-order valence-electron chi connectivity index (χ0n) is 10.2. The molecule has 0 atom stereocenters. The van der Waals surface area contributed by atoms with Crippen LogP contribution in [-0.2, 0) is 24.3 Å². The summed E-state index contributed by atoms with van der Waals surface area (Å²) in [5.41, 5.74) is 0. The van der Waals surface area contributed by atoms with Gasteiger partial charge in [-0.15, -0.1) is 0 Å². The zero-order chi connectivity index (χ0) is 12.9. The molecule has 17 heavy (non-hydrogen) atoms. The van der Waals surface area contributed by atoms with Crippen molar-refractivity contribution < 1.29 is 22.7 Å². The van der Waals surface area contributed by atoms with Crippen molar-refractivity contribution in [1.29, 1.82) is 0 Å². The standard InChI is InChI=1S/C10H19NO5S/c1-15-8-7-11(6-5-10(12)16-2)17(13,14)9-3-4-9/h9H,3-8H2,1-2H3. The van der Waals surface area contributed by atoms with E-state index in [1.807, 2.05) is 0 Å². The highest BCUT2D eigenvalue weighted by Crippen LogP contribution is 2.30. The van der Waals surface area contributed by atoms with Gasteiger partial charge in [-0.25, -0.2) is 8.42 Å². The van der Waals surface area contributed by atoms with Gasteiger partial charge in [0.2, 0.25) is 10.0 Å². The maximum absolute atomic E-state index is 12.0. The van der Waals surface area contributed by atoms with Crippen LogP contribution in [0.15, 0.2) is 0 Å². The molecule has 0 aromatic carbocycles. The Hall–Kier alpha value is -0.660. The molecule has 0 aliphatic heterocycles. The SMILES string of the molecule is COCCN(CCC(=O)OC)S(=O)(=O)C1CC1. The lowest BCUT2D eigenvalue weighted by Gasteiger charge is -2.21. The quantitative estimate of drug-likeness (QED) is 0.577. The number of sulfonamides is 1. The third-order valence-electron chi connectivity index (χ3n) is 2.64. The summed E-state index contributed by atoms with van der Waals surface area (Å²) < 4.78 is 34.7. The van der Waals surface area contributed by atoms with Crippen molar-refractivity contribution in [3.8, 4) is 0 Å². The third-order valence-corrected chi connectivity index (χ3v) is 5.04. The predicted molar refractivity (Wildman–Crippen MR) is 62.0 cm³/mol. The number of carbonyl (C=O) groups excluding carboxylic acids is 1. The van der Waals surface area contributed by atoms with E-state index in [0.717, 1.165) is 0 Å². The zero-order valence-corrected chi connectivity index (χ0v) is 11.0. The molecule has 1 aliphatic carbocycles. The Bertz CT molecular complexity index is 350. The van der Waals surface area contributed by atoms with Crippen LogP contribution in [0.1, 0.15) is 19.3 Å². The van der Waals surface area contributed by atoms with E-state index >= 15 is 0 Å². The van der Waals surface area contributed by atoms with Gasteiger partial charge < -0.3 is 9.47 Å². The topological polar surface area (TPSA) is 72.9 Å². The van der Waals surface area contributed by atoms with Crippen molar-refractivity contribution >= 4 is 16.0 Å². The summed E-state index contributed by atoms with van der Waals surface area (Å²) in [6.07, 6.45) is 1.50. The highest BCUT2D eigenvalue weighted by Gasteiger charge is 2.39. The van der Waals surface area contributed by atoms with Gasteiger partial charge in [0.05, 0.1) is 25.4 Å². The van der Waals surface area contributed by atoms with Gasteiger partial charge in [0.25, 0.3) is 0 Å². The lowest BCUT2D eigenvalue weighted by Crippen LogP contribution is -2.37. The highest BCUT2D eigenvalue weighted by atomic mass is 32.2. The monoisotopic (exact) mass is 265 g/mol. The molecule has 6 nitrogen and oxygen atoms in total. The van der Waals surface area contributed by atoms with Crippen molar-refractivity contribution in [3.05, 3.63) is 0 Å². The molecule has 0 spiro atoms. The smallest absolute Gasteiger partial charge is 0.306 e. The van der Waals surface area contributed by atoms with Gasteiger partial charge in [0.15, 0.2) is 0 Å². The largest absolute Gasteiger partial charge is 0.469 e. The molecular weight excluding hydrogens is 246 g/mol. The minimum atomic E-state index is -3.26. The molecule has 0 N–H and O–H groups in total. The molecule has 0 heterocycles. The van der Waals surface area contributed by atoms with Crippen LogP contribution in [0.3, 0.4) is 0 Å². The van der Waals surface area contributed by atoms with Crippen LogP contribution >= 0.6 is 0 Å². The first-order valence-corrected chi connectivity index (χ1v) is 7.07. The number of ether oxygens (including phenoxy) is 2. The number of hydrogen-bond donors (Lipinski definition) is 0. The summed E-state index contributed by atoms with van der Waals surface area (Å²) in [5, 5.41) is -0.267. The summed E-state index contributed by atoms with van der Waals surface area (Å²) in [6, 6.07) is 0. The van der Waals surface area contributed by atoms with Gasteiger partial charge in [0, 0.05) is 20.2 Å². The van der Waals surface area contributed by atoms with Crippen molar-refractivity contribution in [2.45, 2.75) is 24.5 Å². The molecule has 0 bridgehead atoms. The number of hydrogen-bond acceptors (Lipinski definition) is 5. The Labute approximate surface area is 102 Å². The van der Waals surface area contributed by atoms with Gasteiger partial charge >= 0.3 is 5.97 Å². The second-order valence-corrected chi connectivity index (χ2v) is 6.18. The Morgan fingerprint density at radius 3 is 2.41 bits per heavy atom. The molecule has 1 aliphatic rings. The number of nitrogens with zero attached hydrogens (tertiary/aromatic N) is 1. The van der Waals surface area contributed by atoms with Gasteiger partial charge in [-0.2, -0.15) is 4.31 Å². The molecule has 0 saturated heterocycles. The first kappa shape index (κ1) is 14.4. The fourth-order valence-electron chi connectivity index (χ4n) is 1.45. The molecular formula is C10H19NO5S. The Kier molecular flexibility index (Phi) is 5.35. The minimum absolute atomic E-state index is 0.0756. The second kappa shape index (κ2) is 6.32. The predicted octanol–water partition coefficient (Wildman–Crippen LogP) is -0.00990. The first-order chi connectivity index (χ1) is 8.02. The second-order valence-electron chi connectivity index (χ2n) is 3.96. The lowest BCUT2D eigenvalue weighted by atomic mass is 10.4. The van der Waals surface area contributed by atoms with Crippen molar-refractivity contribution in [2.24, 2.45) is 0 Å². The Morgan fingerprint density at radius 2 is 1.94 bits per heavy atom. The summed E-state index contributed by atoms with van der Waals surface area (Å²) in [6.45, 7) is 0.772. The van der Waals surface area contributed by atoms with E-state index in [4.69, 9.17) is 4.74 Å². The highest BCUT2D eigenvalue weighted by molar-refractivity contribution is 7.90. The average Bonchev–Trinajstić information content (AvgIpc) is 3.12. The minimum Gasteiger partial charge on any atom is -0.469 e. The van der Waals surface area contributed by atoms with Crippen LogP contribution < -0.4 is 0 Å². The van der Waals surface area contributed by atoms with Crippen LogP contribution in [0.5, 0.6) is 0 Å². The summed E-state index contributed by atoms with van der Waals surface area (Å²) in [4.78, 5) is 11.0. The van der Waals surface area contributed by atoms with Gasteiger partial charge in [-0.1, -0.05) is 0 Å². The lowest BCUT2D eigenvalue weighted by molar-refractivity contribution is -0.140. The molecule has 7 heteroatoms. The number of esters is 1. The number of carbonyl (C=O) groups is 1. The fourth-order valence-corrected chi connectivity index (χ4v) is 3.28. The van der Waals surface area contributed by atoms with E-state index in [-0.39, 0.29) is 24.8 Å². The van der Waals surface area contributed by atoms with Crippen LogP contribution in [0.25, 0.3) is 0 Å². The van der Waals surface area contributed by atoms with Crippen LogP contribution in [0, 0.1) is 0 Å². The molecule has 1 rings (SSSR count). The molecule has 0 amide bonds. The normalized spacial score (nSPS) is 16.2. The van der Waals surface area contributed by atoms with Crippen LogP contribution in [-0.4, -0.2) is 57.9 Å². The van der Waals surface area contributed by atoms with Crippen molar-refractivity contribution in [2.75, 3.05) is 33.9 Å². The average molecular weight is 265 g/mol. The first-order valence-electron chi connectivity index (χ1n) is 5.57. The summed E-state index contributed by atoms with van der Waals surface area (Å²) >= 11 is 0. The van der Waals surface area contributed by atoms with E-state index in [0.29, 0.717) is 19.4 Å². The van der Waals surface area contributed by atoms with Gasteiger partial charge in [-0.05, 0) is 12.8 Å². The number of methoxy groups -OCH3 is 2. The van der Waals surface area contributed by atoms with Crippen molar-refractivity contribution in [1.82, 2.24) is 4.31 Å². The fraction of sp³-hybridized carbons (Fsp3) is 0.900. The molecule has 0 aromatic rings. The number of rotatable bonds is 8. The molecule has 1 saturated carbocycles. The van der Waals surface area contributed by atoms with Gasteiger partial charge in [0.1, 0.15) is 0 Å². The van der Waals surface area contributed by atoms with E-state index < -0.39 is 16.0 Å². The molecule has 0 aromatic heterocycles. The summed E-state index contributed by atoms with van der Waals surface area (Å²) in [5.74, 6) is -0.404. The van der Waals surface area contributed by atoms with E-state index in [1.54, 1.807) is 0 Å². The molecule has 100 valence electrons. The Balaban J connectivity index is 2.56. The van der Waals surface area contributed by atoms with E-state index in [2.05, 4.69) is 4.74 Å². The van der Waals surface area contributed by atoms with E-state index in [9.17, 15) is 13.2 Å². The maximum Gasteiger partial charge on any atom is 0.306 e. The Morgan fingerprint density at radius 1 is 1.29 bits per heavy atom. The third kappa shape index (κ3) is 4.25. The molecule has 1 fully saturated rings. The molecule has 0 unspecified atom stereocenters. The maximum atomic E-state index is 12.0.